The summed E-state index contributed by atoms with van der Waals surface area (Å²) in [5.74, 6) is 0.846. The fraction of sp³-hybridized carbons (Fsp3) is 0.0625. The second kappa shape index (κ2) is 5.57. The van der Waals surface area contributed by atoms with Gasteiger partial charge in [-0.2, -0.15) is 0 Å². The van der Waals surface area contributed by atoms with Crippen LogP contribution < -0.4 is 10.6 Å². The van der Waals surface area contributed by atoms with Crippen LogP contribution in [0.15, 0.2) is 46.5 Å². The van der Waals surface area contributed by atoms with E-state index in [9.17, 15) is 9.59 Å². The Labute approximate surface area is 132 Å². The number of hydrogen-bond acceptors (Lipinski definition) is 4. The predicted octanol–water partition coefficient (Wildman–Crippen LogP) is 2.49. The minimum Gasteiger partial charge on any atom is -0.457 e. The fourth-order valence-corrected chi connectivity index (χ4v) is 2.30. The predicted molar refractivity (Wildman–Crippen MR) is 86.0 cm³/mol. The van der Waals surface area contributed by atoms with Crippen molar-refractivity contribution in [2.24, 2.45) is 0 Å². The van der Waals surface area contributed by atoms with Crippen molar-refractivity contribution in [3.8, 4) is 11.3 Å². The number of nitrogens with one attached hydrogen (secondary N) is 2. The quantitative estimate of drug-likeness (QED) is 0.517. The van der Waals surface area contributed by atoms with Gasteiger partial charge >= 0.3 is 0 Å². The first-order valence-corrected chi connectivity index (χ1v) is 6.99. The summed E-state index contributed by atoms with van der Waals surface area (Å²) in [6, 6.07) is 10.7. The Balaban J connectivity index is 1.90. The third kappa shape index (κ3) is 2.82. The lowest BCUT2D eigenvalue weighted by atomic mass is 10.1. The molecule has 0 bridgehead atoms. The SMILES string of the molecule is CC(=O)c1cccc(-c2ccc(/C=C3/NC(=S)NC3=O)o2)c1. The Morgan fingerprint density at radius 2 is 2.05 bits per heavy atom. The molecule has 6 heteroatoms. The third-order valence-electron chi connectivity index (χ3n) is 3.19. The molecule has 22 heavy (non-hydrogen) atoms. The smallest absolute Gasteiger partial charge is 0.274 e. The highest BCUT2D eigenvalue weighted by atomic mass is 32.1. The number of benzene rings is 1. The molecule has 0 spiro atoms. The highest BCUT2D eigenvalue weighted by Crippen LogP contribution is 2.24. The standard InChI is InChI=1S/C16H12N2O3S/c1-9(19)10-3-2-4-11(7-10)14-6-5-12(21-14)8-13-15(20)18-16(22)17-13/h2-8H,1H3,(H2,17,18,20,22)/b13-8+. The third-order valence-corrected chi connectivity index (χ3v) is 3.39. The zero-order valence-electron chi connectivity index (χ0n) is 11.7. The van der Waals surface area contributed by atoms with Gasteiger partial charge < -0.3 is 9.73 Å². The van der Waals surface area contributed by atoms with E-state index in [4.69, 9.17) is 16.6 Å². The van der Waals surface area contributed by atoms with E-state index in [-0.39, 0.29) is 16.8 Å². The molecule has 1 aliphatic rings. The van der Waals surface area contributed by atoms with E-state index in [0.717, 1.165) is 5.56 Å². The van der Waals surface area contributed by atoms with E-state index in [1.165, 1.54) is 6.92 Å². The Morgan fingerprint density at radius 1 is 1.23 bits per heavy atom. The van der Waals surface area contributed by atoms with E-state index < -0.39 is 0 Å². The second-order valence-electron chi connectivity index (χ2n) is 4.81. The number of amides is 1. The first-order valence-electron chi connectivity index (χ1n) is 6.58. The van der Waals surface area contributed by atoms with E-state index in [1.54, 1.807) is 36.4 Å². The molecule has 3 rings (SSSR count). The molecular weight excluding hydrogens is 300 g/mol. The molecule has 1 aromatic heterocycles. The molecule has 1 amide bonds. The Bertz CT molecular complexity index is 820. The highest BCUT2D eigenvalue weighted by molar-refractivity contribution is 7.80. The average Bonchev–Trinajstić information content (AvgIpc) is 3.06. The minimum atomic E-state index is -0.290. The number of carbonyl (C=O) groups is 2. The Kier molecular flexibility index (Phi) is 3.60. The zero-order valence-corrected chi connectivity index (χ0v) is 12.5. The summed E-state index contributed by atoms with van der Waals surface area (Å²) in [7, 11) is 0. The van der Waals surface area contributed by atoms with Gasteiger partial charge in [-0.15, -0.1) is 0 Å². The van der Waals surface area contributed by atoms with Crippen molar-refractivity contribution >= 4 is 35.1 Å². The molecule has 2 aromatic rings. The lowest BCUT2D eigenvalue weighted by Gasteiger charge is -2.00. The molecular formula is C16H12N2O3S. The number of hydrogen-bond donors (Lipinski definition) is 2. The molecule has 2 N–H and O–H groups in total. The molecule has 1 aromatic carbocycles. The summed E-state index contributed by atoms with van der Waals surface area (Å²) >= 11 is 4.86. The molecule has 0 radical (unpaired) electrons. The lowest BCUT2D eigenvalue weighted by molar-refractivity contribution is -0.115. The van der Waals surface area contributed by atoms with Gasteiger partial charge in [-0.05, 0) is 37.3 Å². The van der Waals surface area contributed by atoms with Crippen molar-refractivity contribution in [1.82, 2.24) is 10.6 Å². The maximum Gasteiger partial charge on any atom is 0.274 e. The summed E-state index contributed by atoms with van der Waals surface area (Å²) < 4.78 is 5.70. The van der Waals surface area contributed by atoms with Crippen LogP contribution in [0.2, 0.25) is 0 Å². The van der Waals surface area contributed by atoms with E-state index in [2.05, 4.69) is 10.6 Å². The van der Waals surface area contributed by atoms with Gasteiger partial charge in [0.25, 0.3) is 5.91 Å². The van der Waals surface area contributed by atoms with E-state index in [1.807, 2.05) is 6.07 Å². The maximum absolute atomic E-state index is 11.6. The minimum absolute atomic E-state index is 0.00362. The average molecular weight is 312 g/mol. The van der Waals surface area contributed by atoms with Crippen molar-refractivity contribution in [3.63, 3.8) is 0 Å². The van der Waals surface area contributed by atoms with Gasteiger partial charge in [-0.3, -0.25) is 14.9 Å². The summed E-state index contributed by atoms with van der Waals surface area (Å²) in [6.07, 6.45) is 1.58. The van der Waals surface area contributed by atoms with Crippen LogP contribution in [0.1, 0.15) is 23.0 Å². The van der Waals surface area contributed by atoms with Gasteiger partial charge in [0, 0.05) is 17.2 Å². The van der Waals surface area contributed by atoms with Crippen molar-refractivity contribution in [3.05, 3.63) is 53.4 Å². The number of furan rings is 1. The number of ketones is 1. The molecule has 1 fully saturated rings. The van der Waals surface area contributed by atoms with Crippen LogP contribution in [-0.4, -0.2) is 16.8 Å². The summed E-state index contributed by atoms with van der Waals surface area (Å²) in [6.45, 7) is 1.52. The molecule has 0 saturated carbocycles. The van der Waals surface area contributed by atoms with Crippen LogP contribution in [0.25, 0.3) is 17.4 Å². The topological polar surface area (TPSA) is 71.3 Å². The van der Waals surface area contributed by atoms with E-state index >= 15 is 0 Å². The molecule has 0 aliphatic carbocycles. The van der Waals surface area contributed by atoms with Crippen molar-refractivity contribution in [1.29, 1.82) is 0 Å². The number of carbonyl (C=O) groups excluding carboxylic acids is 2. The normalized spacial score (nSPS) is 15.8. The molecule has 5 nitrogen and oxygen atoms in total. The molecule has 1 saturated heterocycles. The molecule has 110 valence electrons. The number of thiocarbonyl (C=S) groups is 1. The number of rotatable bonds is 3. The van der Waals surface area contributed by atoms with Gasteiger partial charge in [0.15, 0.2) is 10.9 Å². The monoisotopic (exact) mass is 312 g/mol. The highest BCUT2D eigenvalue weighted by Gasteiger charge is 2.20. The van der Waals surface area contributed by atoms with Crippen molar-refractivity contribution < 1.29 is 14.0 Å². The fourth-order valence-electron chi connectivity index (χ4n) is 2.10. The first kappa shape index (κ1) is 14.2. The zero-order chi connectivity index (χ0) is 15.7. The van der Waals surface area contributed by atoms with Crippen LogP contribution in [-0.2, 0) is 4.79 Å². The second-order valence-corrected chi connectivity index (χ2v) is 5.21. The van der Waals surface area contributed by atoms with E-state index in [0.29, 0.717) is 22.8 Å². The Hall–Kier alpha value is -2.73. The lowest BCUT2D eigenvalue weighted by Crippen LogP contribution is -2.21. The van der Waals surface area contributed by atoms with Gasteiger partial charge in [0.1, 0.15) is 17.2 Å². The molecule has 2 heterocycles. The van der Waals surface area contributed by atoms with Crippen LogP contribution in [0.3, 0.4) is 0 Å². The largest absolute Gasteiger partial charge is 0.457 e. The van der Waals surface area contributed by atoms with Crippen LogP contribution >= 0.6 is 12.2 Å². The summed E-state index contributed by atoms with van der Waals surface area (Å²) in [5, 5.41) is 5.51. The van der Waals surface area contributed by atoms with Crippen LogP contribution in [0.4, 0.5) is 0 Å². The van der Waals surface area contributed by atoms with Crippen molar-refractivity contribution in [2.75, 3.05) is 0 Å². The van der Waals surface area contributed by atoms with Gasteiger partial charge in [0.05, 0.1) is 0 Å². The van der Waals surface area contributed by atoms with Gasteiger partial charge in [-0.25, -0.2) is 0 Å². The first-order chi connectivity index (χ1) is 10.5. The molecule has 0 atom stereocenters. The number of Topliss-reactive ketones (excluding diaryl/α,β-unsaturated/α-hetero) is 1. The maximum atomic E-state index is 11.6. The molecule has 1 aliphatic heterocycles. The van der Waals surface area contributed by atoms with Gasteiger partial charge in [-0.1, -0.05) is 18.2 Å². The summed E-state index contributed by atoms with van der Waals surface area (Å²) in [5.41, 5.74) is 1.76. The summed E-state index contributed by atoms with van der Waals surface area (Å²) in [4.78, 5) is 23.0. The van der Waals surface area contributed by atoms with Crippen molar-refractivity contribution in [2.45, 2.75) is 6.92 Å². The Morgan fingerprint density at radius 3 is 2.73 bits per heavy atom. The van der Waals surface area contributed by atoms with Crippen LogP contribution in [0.5, 0.6) is 0 Å². The van der Waals surface area contributed by atoms with Gasteiger partial charge in [0.2, 0.25) is 0 Å². The van der Waals surface area contributed by atoms with Crippen LogP contribution in [0, 0.1) is 0 Å². The molecule has 0 unspecified atom stereocenters.